The van der Waals surface area contributed by atoms with E-state index in [-0.39, 0.29) is 28.5 Å². The molecule has 1 heterocycles. The minimum Gasteiger partial charge on any atom is -0.399 e. The molecule has 10 nitrogen and oxygen atoms in total. The van der Waals surface area contributed by atoms with Crippen molar-refractivity contribution in [2.75, 3.05) is 25.5 Å². The second-order valence-corrected chi connectivity index (χ2v) is 10.4. The third-order valence-corrected chi connectivity index (χ3v) is 7.53. The number of thioether (sulfide) groups is 1. The lowest BCUT2D eigenvalue weighted by Crippen LogP contribution is -2.30. The fourth-order valence-electron chi connectivity index (χ4n) is 4.26. The largest absolute Gasteiger partial charge is 0.399 e. The highest BCUT2D eigenvalue weighted by Crippen LogP contribution is 2.32. The number of imide groups is 1. The van der Waals surface area contributed by atoms with Crippen molar-refractivity contribution < 1.29 is 19.2 Å². The second-order valence-electron chi connectivity index (χ2n) is 9.42. The predicted molar refractivity (Wildman–Crippen MR) is 166 cm³/mol. The van der Waals surface area contributed by atoms with Crippen LogP contribution < -0.4 is 10.6 Å². The number of carbonyl (C=O) groups is 3. The maximum Gasteiger partial charge on any atom is 0.293 e. The SMILES string of the molecule is C=C1C(Nc2ccc(C(=O)NCCCCN3C(=O)S/C(=C\c4ccc(CC)cc4)C3=O)cc2)=CC=C(N=O)/C1=N/OC. The maximum atomic E-state index is 12.7. The highest BCUT2D eigenvalue weighted by molar-refractivity contribution is 8.18. The van der Waals surface area contributed by atoms with Crippen molar-refractivity contribution in [3.8, 4) is 0 Å². The molecule has 0 atom stereocenters. The summed E-state index contributed by atoms with van der Waals surface area (Å²) in [6, 6.07) is 14.8. The van der Waals surface area contributed by atoms with Crippen LogP contribution in [-0.2, 0) is 16.1 Å². The van der Waals surface area contributed by atoms with Gasteiger partial charge >= 0.3 is 0 Å². The van der Waals surface area contributed by atoms with Crippen LogP contribution in [0.2, 0.25) is 0 Å². The van der Waals surface area contributed by atoms with Crippen molar-refractivity contribution in [1.29, 1.82) is 0 Å². The minimum atomic E-state index is -0.283. The number of hydrogen-bond acceptors (Lipinski definition) is 9. The number of allylic oxidation sites excluding steroid dienone is 4. The number of amides is 3. The summed E-state index contributed by atoms with van der Waals surface area (Å²) < 4.78 is 0. The molecule has 0 saturated carbocycles. The minimum absolute atomic E-state index is 0.118. The standard InChI is InChI=1S/C31H31N5O5S/c1-4-21-7-9-22(10-8-21)19-27-30(38)36(31(39)42-27)18-6-5-17-32-29(37)23-11-13-24(14-12-23)33-25-15-16-26(34-40)28(20(25)2)35-41-3/h7-16,19,33H,2,4-6,17-18H2,1,3H3,(H,32,37)/b27-19-,35-28+. The van der Waals surface area contributed by atoms with Crippen LogP contribution in [-0.4, -0.2) is 47.9 Å². The van der Waals surface area contributed by atoms with Gasteiger partial charge in [0.1, 0.15) is 18.5 Å². The molecule has 0 unspecified atom stereocenters. The van der Waals surface area contributed by atoms with Crippen LogP contribution in [0, 0.1) is 4.91 Å². The Balaban J connectivity index is 1.22. The number of oxime groups is 1. The first-order valence-corrected chi connectivity index (χ1v) is 14.2. The molecule has 1 aliphatic carbocycles. The molecular weight excluding hydrogens is 554 g/mol. The van der Waals surface area contributed by atoms with Crippen LogP contribution in [0.5, 0.6) is 0 Å². The molecule has 3 amide bonds. The number of rotatable bonds is 12. The van der Waals surface area contributed by atoms with E-state index in [2.05, 4.69) is 34.5 Å². The van der Waals surface area contributed by atoms with Crippen LogP contribution in [0.25, 0.3) is 6.08 Å². The van der Waals surface area contributed by atoms with Crippen LogP contribution >= 0.6 is 11.8 Å². The van der Waals surface area contributed by atoms with Gasteiger partial charge < -0.3 is 15.5 Å². The molecule has 0 aromatic heterocycles. The number of nitroso groups, excluding NO2 is 1. The van der Waals surface area contributed by atoms with Gasteiger partial charge in [0.15, 0.2) is 0 Å². The molecule has 2 N–H and O–H groups in total. The van der Waals surface area contributed by atoms with Gasteiger partial charge in [0.25, 0.3) is 17.1 Å². The Morgan fingerprint density at radius 2 is 1.81 bits per heavy atom. The van der Waals surface area contributed by atoms with Crippen molar-refractivity contribution in [1.82, 2.24) is 10.2 Å². The van der Waals surface area contributed by atoms with E-state index < -0.39 is 0 Å². The highest BCUT2D eigenvalue weighted by atomic mass is 32.2. The van der Waals surface area contributed by atoms with E-state index >= 15 is 0 Å². The summed E-state index contributed by atoms with van der Waals surface area (Å²) in [7, 11) is 1.37. The zero-order valence-electron chi connectivity index (χ0n) is 23.4. The average Bonchev–Trinajstić information content (AvgIpc) is 3.27. The normalized spacial score (nSPS) is 16.9. The fraction of sp³-hybridized carbons (Fsp3) is 0.226. The molecule has 0 radical (unpaired) electrons. The maximum absolute atomic E-state index is 12.7. The Morgan fingerprint density at radius 1 is 1.07 bits per heavy atom. The summed E-state index contributed by atoms with van der Waals surface area (Å²) in [5.74, 6) is -0.515. The van der Waals surface area contributed by atoms with E-state index in [1.165, 1.54) is 23.6 Å². The van der Waals surface area contributed by atoms with E-state index in [9.17, 15) is 19.3 Å². The monoisotopic (exact) mass is 585 g/mol. The van der Waals surface area contributed by atoms with Crippen LogP contribution in [0.1, 0.15) is 41.3 Å². The molecule has 2 aliphatic rings. The number of carbonyl (C=O) groups excluding carboxylic acids is 3. The lowest BCUT2D eigenvalue weighted by Gasteiger charge is -2.17. The molecule has 4 rings (SSSR count). The molecule has 0 spiro atoms. The number of anilines is 1. The van der Waals surface area contributed by atoms with Crippen molar-refractivity contribution in [2.24, 2.45) is 10.3 Å². The summed E-state index contributed by atoms with van der Waals surface area (Å²) in [4.78, 5) is 55.2. The van der Waals surface area contributed by atoms with Gasteiger partial charge in [-0.15, -0.1) is 4.91 Å². The molecule has 11 heteroatoms. The number of aryl methyl sites for hydroxylation is 1. The second kappa shape index (κ2) is 14.2. The van der Waals surface area contributed by atoms with E-state index in [4.69, 9.17) is 4.84 Å². The van der Waals surface area contributed by atoms with Crippen molar-refractivity contribution in [3.05, 3.63) is 111 Å². The number of unbranched alkanes of at least 4 members (excludes halogenated alkanes) is 1. The van der Waals surface area contributed by atoms with Crippen LogP contribution in [0.15, 0.2) is 99.5 Å². The zero-order chi connectivity index (χ0) is 30.1. The first-order valence-electron chi connectivity index (χ1n) is 13.4. The highest BCUT2D eigenvalue weighted by Gasteiger charge is 2.34. The Hall–Kier alpha value is -4.77. The summed E-state index contributed by atoms with van der Waals surface area (Å²) in [6.07, 6.45) is 7.04. The predicted octanol–water partition coefficient (Wildman–Crippen LogP) is 6.01. The van der Waals surface area contributed by atoms with Gasteiger partial charge in [-0.05, 0) is 89.8 Å². The molecule has 1 aliphatic heterocycles. The number of benzene rings is 2. The third kappa shape index (κ3) is 7.29. The molecule has 42 heavy (non-hydrogen) atoms. The Kier molecular flexibility index (Phi) is 10.2. The van der Waals surface area contributed by atoms with Crippen molar-refractivity contribution in [3.63, 3.8) is 0 Å². The summed E-state index contributed by atoms with van der Waals surface area (Å²) in [5.41, 5.74) is 4.68. The number of hydrogen-bond donors (Lipinski definition) is 2. The van der Waals surface area contributed by atoms with E-state index in [0.29, 0.717) is 53.4 Å². The third-order valence-electron chi connectivity index (χ3n) is 6.62. The summed E-state index contributed by atoms with van der Waals surface area (Å²) in [5, 5.41) is 12.5. The Labute approximate surface area is 248 Å². The van der Waals surface area contributed by atoms with Gasteiger partial charge in [0.05, 0.1) is 4.91 Å². The van der Waals surface area contributed by atoms with Gasteiger partial charge in [-0.2, -0.15) is 0 Å². The summed E-state index contributed by atoms with van der Waals surface area (Å²) >= 11 is 0.952. The number of nitrogens with one attached hydrogen (secondary N) is 2. The lowest BCUT2D eigenvalue weighted by molar-refractivity contribution is -0.122. The van der Waals surface area contributed by atoms with Crippen molar-refractivity contribution >= 4 is 46.3 Å². The molecule has 216 valence electrons. The molecular formula is C31H31N5O5S. The lowest BCUT2D eigenvalue weighted by atomic mass is 10.0. The van der Waals surface area contributed by atoms with Gasteiger partial charge in [0.2, 0.25) is 0 Å². The zero-order valence-corrected chi connectivity index (χ0v) is 24.2. The van der Waals surface area contributed by atoms with Gasteiger partial charge in [-0.25, -0.2) is 0 Å². The Morgan fingerprint density at radius 3 is 2.48 bits per heavy atom. The molecule has 2 aromatic carbocycles. The first-order chi connectivity index (χ1) is 20.3. The number of nitrogens with zero attached hydrogens (tertiary/aromatic N) is 3. The van der Waals surface area contributed by atoms with Crippen LogP contribution in [0.3, 0.4) is 0 Å². The fourth-order valence-corrected chi connectivity index (χ4v) is 5.13. The van der Waals surface area contributed by atoms with Crippen LogP contribution in [0.4, 0.5) is 10.5 Å². The average molecular weight is 586 g/mol. The Bertz CT molecular complexity index is 1510. The van der Waals surface area contributed by atoms with E-state index in [1.54, 1.807) is 36.4 Å². The van der Waals surface area contributed by atoms with Gasteiger partial charge in [0, 0.05) is 35.6 Å². The quantitative estimate of drug-likeness (QED) is 0.135. The molecule has 1 saturated heterocycles. The van der Waals surface area contributed by atoms with Crippen molar-refractivity contribution in [2.45, 2.75) is 26.2 Å². The molecule has 1 fully saturated rings. The van der Waals surface area contributed by atoms with Gasteiger partial charge in [-0.1, -0.05) is 42.9 Å². The smallest absolute Gasteiger partial charge is 0.293 e. The van der Waals surface area contributed by atoms with E-state index in [1.807, 2.05) is 24.3 Å². The first kappa shape index (κ1) is 30.2. The molecule has 2 aromatic rings. The topological polar surface area (TPSA) is 130 Å². The van der Waals surface area contributed by atoms with Gasteiger partial charge in [-0.3, -0.25) is 19.3 Å². The van der Waals surface area contributed by atoms with E-state index in [0.717, 1.165) is 23.7 Å². The summed E-state index contributed by atoms with van der Waals surface area (Å²) in [6.45, 7) is 6.73. The molecule has 0 bridgehead atoms.